The second-order valence-electron chi connectivity index (χ2n) is 4.67. The van der Waals surface area contributed by atoms with Crippen molar-refractivity contribution < 1.29 is 4.92 Å². The van der Waals surface area contributed by atoms with Crippen molar-refractivity contribution in [1.82, 2.24) is 4.98 Å². The lowest BCUT2D eigenvalue weighted by atomic mass is 9.84. The molecule has 2 N–H and O–H groups in total. The Morgan fingerprint density at radius 1 is 1.53 bits per heavy atom. The van der Waals surface area contributed by atoms with Crippen LogP contribution >= 0.6 is 11.8 Å². The van der Waals surface area contributed by atoms with Gasteiger partial charge >= 0.3 is 5.69 Å². The third-order valence-electron chi connectivity index (χ3n) is 3.60. The van der Waals surface area contributed by atoms with Gasteiger partial charge in [0.25, 0.3) is 0 Å². The van der Waals surface area contributed by atoms with E-state index in [9.17, 15) is 10.1 Å². The zero-order valence-corrected chi connectivity index (χ0v) is 11.9. The SMILES string of the molecule is CNc1ccc([N+](=O)[O-])c(NCC2(SC)CCC2)n1. The molecule has 1 saturated carbocycles. The number of nitrogens with zero attached hydrogens (tertiary/aromatic N) is 2. The van der Waals surface area contributed by atoms with E-state index in [-0.39, 0.29) is 10.4 Å². The van der Waals surface area contributed by atoms with Crippen molar-refractivity contribution in [3.63, 3.8) is 0 Å². The third-order valence-corrected chi connectivity index (χ3v) is 5.02. The number of nitro groups is 1. The molecule has 0 aliphatic heterocycles. The van der Waals surface area contributed by atoms with E-state index in [2.05, 4.69) is 21.9 Å². The van der Waals surface area contributed by atoms with Gasteiger partial charge in [0, 0.05) is 24.4 Å². The second kappa shape index (κ2) is 5.64. The Morgan fingerprint density at radius 2 is 2.26 bits per heavy atom. The molecule has 0 aromatic carbocycles. The fourth-order valence-electron chi connectivity index (χ4n) is 2.14. The number of aromatic nitrogens is 1. The Hall–Kier alpha value is -1.50. The van der Waals surface area contributed by atoms with E-state index < -0.39 is 4.92 Å². The van der Waals surface area contributed by atoms with Gasteiger partial charge in [-0.2, -0.15) is 11.8 Å². The van der Waals surface area contributed by atoms with Crippen molar-refractivity contribution in [2.24, 2.45) is 0 Å². The summed E-state index contributed by atoms with van der Waals surface area (Å²) < 4.78 is 0.213. The molecule has 1 heterocycles. The van der Waals surface area contributed by atoms with Crippen LogP contribution in [0.25, 0.3) is 0 Å². The summed E-state index contributed by atoms with van der Waals surface area (Å²) in [4.78, 5) is 14.8. The Labute approximate surface area is 116 Å². The Bertz CT molecular complexity index is 471. The molecular weight excluding hydrogens is 264 g/mol. The first-order valence-electron chi connectivity index (χ1n) is 6.22. The normalized spacial score (nSPS) is 16.5. The van der Waals surface area contributed by atoms with Crippen LogP contribution in [0.5, 0.6) is 0 Å². The van der Waals surface area contributed by atoms with Crippen molar-refractivity contribution >= 4 is 29.1 Å². The monoisotopic (exact) mass is 282 g/mol. The van der Waals surface area contributed by atoms with Crippen LogP contribution < -0.4 is 10.6 Å². The maximum atomic E-state index is 11.0. The predicted octanol–water partition coefficient (Wildman–Crippen LogP) is 2.73. The summed E-state index contributed by atoms with van der Waals surface area (Å²) in [6.07, 6.45) is 5.63. The largest absolute Gasteiger partial charge is 0.373 e. The lowest BCUT2D eigenvalue weighted by Gasteiger charge is -2.40. The van der Waals surface area contributed by atoms with Crippen LogP contribution in [0.15, 0.2) is 12.1 Å². The number of rotatable bonds is 6. The molecule has 19 heavy (non-hydrogen) atoms. The molecule has 7 heteroatoms. The van der Waals surface area contributed by atoms with Crippen molar-refractivity contribution in [2.45, 2.75) is 24.0 Å². The van der Waals surface area contributed by atoms with E-state index >= 15 is 0 Å². The number of pyridine rings is 1. The molecule has 0 bridgehead atoms. The van der Waals surface area contributed by atoms with Crippen LogP contribution in [0, 0.1) is 10.1 Å². The Kier molecular flexibility index (Phi) is 4.14. The molecule has 1 fully saturated rings. The van der Waals surface area contributed by atoms with E-state index in [4.69, 9.17) is 0 Å². The predicted molar refractivity (Wildman–Crippen MR) is 79.0 cm³/mol. The van der Waals surface area contributed by atoms with Crippen LogP contribution in [-0.4, -0.2) is 34.5 Å². The average molecular weight is 282 g/mol. The number of hydrogen-bond donors (Lipinski definition) is 2. The molecule has 1 aromatic heterocycles. The van der Waals surface area contributed by atoms with Gasteiger partial charge in [-0.05, 0) is 25.2 Å². The number of thioether (sulfide) groups is 1. The molecular formula is C12H18N4O2S. The van der Waals surface area contributed by atoms with Gasteiger partial charge < -0.3 is 10.6 Å². The minimum Gasteiger partial charge on any atom is -0.373 e. The van der Waals surface area contributed by atoms with Gasteiger partial charge in [-0.25, -0.2) is 4.98 Å². The summed E-state index contributed by atoms with van der Waals surface area (Å²) >= 11 is 1.83. The maximum Gasteiger partial charge on any atom is 0.311 e. The Morgan fingerprint density at radius 3 is 2.74 bits per heavy atom. The minimum atomic E-state index is -0.401. The van der Waals surface area contributed by atoms with Crippen molar-refractivity contribution in [1.29, 1.82) is 0 Å². The molecule has 6 nitrogen and oxygen atoms in total. The highest BCUT2D eigenvalue weighted by Crippen LogP contribution is 2.43. The lowest BCUT2D eigenvalue weighted by Crippen LogP contribution is -2.40. The standard InChI is InChI=1S/C12H18N4O2S/c1-13-10-5-4-9(16(17)18)11(15-10)14-8-12(19-2)6-3-7-12/h4-5H,3,6-8H2,1-2H3,(H2,13,14,15). The highest BCUT2D eigenvalue weighted by molar-refractivity contribution is 8.00. The fraction of sp³-hybridized carbons (Fsp3) is 0.583. The van der Waals surface area contributed by atoms with Gasteiger partial charge in [0.1, 0.15) is 5.82 Å². The zero-order valence-electron chi connectivity index (χ0n) is 11.1. The molecule has 0 atom stereocenters. The van der Waals surface area contributed by atoms with E-state index in [1.807, 2.05) is 11.8 Å². The van der Waals surface area contributed by atoms with Gasteiger partial charge in [-0.15, -0.1) is 0 Å². The number of hydrogen-bond acceptors (Lipinski definition) is 6. The molecule has 1 aliphatic rings. The first kappa shape index (κ1) is 13.9. The van der Waals surface area contributed by atoms with Crippen LogP contribution in [0.3, 0.4) is 0 Å². The average Bonchev–Trinajstić information content (AvgIpc) is 2.37. The molecule has 0 unspecified atom stereocenters. The van der Waals surface area contributed by atoms with Crippen molar-refractivity contribution in [3.8, 4) is 0 Å². The van der Waals surface area contributed by atoms with Crippen LogP contribution in [-0.2, 0) is 0 Å². The number of anilines is 2. The maximum absolute atomic E-state index is 11.0. The van der Waals surface area contributed by atoms with E-state index in [1.165, 1.54) is 12.5 Å². The van der Waals surface area contributed by atoms with Gasteiger partial charge in [-0.1, -0.05) is 6.42 Å². The Balaban J connectivity index is 2.15. The molecule has 0 spiro atoms. The number of nitrogens with one attached hydrogen (secondary N) is 2. The molecule has 1 aromatic rings. The molecule has 2 rings (SSSR count). The lowest BCUT2D eigenvalue weighted by molar-refractivity contribution is -0.384. The summed E-state index contributed by atoms with van der Waals surface area (Å²) in [5.41, 5.74) is 0.0228. The van der Waals surface area contributed by atoms with Gasteiger partial charge in [-0.3, -0.25) is 10.1 Å². The van der Waals surface area contributed by atoms with Gasteiger partial charge in [0.05, 0.1) is 4.92 Å². The quantitative estimate of drug-likeness (QED) is 0.617. The van der Waals surface area contributed by atoms with E-state index in [0.29, 0.717) is 11.6 Å². The minimum absolute atomic E-state index is 0.0228. The first-order valence-corrected chi connectivity index (χ1v) is 7.45. The van der Waals surface area contributed by atoms with E-state index in [0.717, 1.165) is 19.4 Å². The smallest absolute Gasteiger partial charge is 0.311 e. The van der Waals surface area contributed by atoms with Gasteiger partial charge in [0.2, 0.25) is 5.82 Å². The van der Waals surface area contributed by atoms with Crippen molar-refractivity contribution in [3.05, 3.63) is 22.2 Å². The van der Waals surface area contributed by atoms with E-state index in [1.54, 1.807) is 13.1 Å². The van der Waals surface area contributed by atoms with Crippen LogP contribution in [0.1, 0.15) is 19.3 Å². The highest BCUT2D eigenvalue weighted by atomic mass is 32.2. The van der Waals surface area contributed by atoms with Gasteiger partial charge in [0.15, 0.2) is 0 Å². The second-order valence-corrected chi connectivity index (χ2v) is 5.94. The van der Waals surface area contributed by atoms with Crippen molar-refractivity contribution in [2.75, 3.05) is 30.5 Å². The highest BCUT2D eigenvalue weighted by Gasteiger charge is 2.36. The molecule has 104 valence electrons. The molecule has 1 aliphatic carbocycles. The third kappa shape index (κ3) is 2.91. The molecule has 0 saturated heterocycles. The summed E-state index contributed by atoms with van der Waals surface area (Å²) in [6.45, 7) is 0.717. The fourth-order valence-corrected chi connectivity index (χ4v) is 3.05. The summed E-state index contributed by atoms with van der Waals surface area (Å²) in [5.74, 6) is 0.970. The molecule has 0 radical (unpaired) electrons. The summed E-state index contributed by atoms with van der Waals surface area (Å²) in [7, 11) is 1.74. The zero-order chi connectivity index (χ0) is 13.9. The summed E-state index contributed by atoms with van der Waals surface area (Å²) in [5, 5.41) is 17.0. The summed E-state index contributed by atoms with van der Waals surface area (Å²) in [6, 6.07) is 3.09. The first-order chi connectivity index (χ1) is 9.10. The van der Waals surface area contributed by atoms with Crippen LogP contribution in [0.2, 0.25) is 0 Å². The van der Waals surface area contributed by atoms with Crippen LogP contribution in [0.4, 0.5) is 17.3 Å². The molecule has 0 amide bonds. The topological polar surface area (TPSA) is 80.1 Å².